The fourth-order valence-corrected chi connectivity index (χ4v) is 5.57. The second-order valence-electron chi connectivity index (χ2n) is 7.84. The van der Waals surface area contributed by atoms with Crippen LogP contribution in [-0.2, 0) is 10.0 Å². The van der Waals surface area contributed by atoms with Gasteiger partial charge >= 0.3 is 0 Å². The maximum absolute atomic E-state index is 12.9. The number of hydrogen-bond donors (Lipinski definition) is 3. The van der Waals surface area contributed by atoms with Crippen molar-refractivity contribution in [1.82, 2.24) is 25.4 Å². The molecule has 2 aromatic carbocycles. The third-order valence-corrected chi connectivity index (χ3v) is 7.69. The lowest BCUT2D eigenvalue weighted by molar-refractivity contribution is 0.0844. The molecule has 1 atom stereocenters. The van der Waals surface area contributed by atoms with E-state index < -0.39 is 27.4 Å². The fraction of sp³-hybridized carbons (Fsp3) is 0.273. The van der Waals surface area contributed by atoms with Crippen LogP contribution in [0.1, 0.15) is 47.0 Å². The summed E-state index contributed by atoms with van der Waals surface area (Å²) in [7, 11) is -3.65. The summed E-state index contributed by atoms with van der Waals surface area (Å²) in [6, 6.07) is 11.9. The molecule has 2 amide bonds. The molecule has 3 N–H and O–H groups in total. The zero-order valence-electron chi connectivity index (χ0n) is 17.9. The lowest BCUT2D eigenvalue weighted by atomic mass is 10.1. The van der Waals surface area contributed by atoms with Gasteiger partial charge in [-0.3, -0.25) is 25.2 Å². The highest BCUT2D eigenvalue weighted by Gasteiger charge is 2.31. The smallest absolute Gasteiger partial charge is 0.267 e. The van der Waals surface area contributed by atoms with Crippen LogP contribution in [0.3, 0.4) is 0 Å². The average Bonchev–Trinajstić information content (AvgIpc) is 2.83. The fourth-order valence-electron chi connectivity index (χ4n) is 3.88. The Morgan fingerprint density at radius 2 is 1.67 bits per heavy atom. The number of hydrazine groups is 1. The largest absolute Gasteiger partial charge is 0.290 e. The average molecular weight is 470 g/mol. The predicted octanol–water partition coefficient (Wildman–Crippen LogP) is 1.56. The monoisotopic (exact) mass is 469 g/mol. The molecule has 0 bridgehead atoms. The normalized spacial score (nSPS) is 16.9. The van der Waals surface area contributed by atoms with Crippen LogP contribution in [0.15, 0.2) is 58.2 Å². The summed E-state index contributed by atoms with van der Waals surface area (Å²) in [5.74, 6) is -1.35. The van der Waals surface area contributed by atoms with Gasteiger partial charge in [-0.2, -0.15) is 9.40 Å². The molecule has 1 aliphatic rings. The Morgan fingerprint density at radius 1 is 1.00 bits per heavy atom. The molecule has 1 unspecified atom stereocenters. The molecule has 3 aromatic rings. The van der Waals surface area contributed by atoms with Crippen molar-refractivity contribution in [3.8, 4) is 0 Å². The molecular weight excluding hydrogens is 446 g/mol. The van der Waals surface area contributed by atoms with Crippen LogP contribution in [0.25, 0.3) is 10.8 Å². The van der Waals surface area contributed by atoms with E-state index in [1.807, 2.05) is 6.92 Å². The van der Waals surface area contributed by atoms with Crippen LogP contribution in [-0.4, -0.2) is 47.3 Å². The van der Waals surface area contributed by atoms with E-state index in [1.54, 1.807) is 24.3 Å². The first-order valence-corrected chi connectivity index (χ1v) is 11.9. The SMILES string of the molecule is CC1CCCCN1S(=O)(=O)c1ccc(C(=O)NNC(=O)c2n[nH]c(=O)c3ccccc23)cc1. The molecule has 0 radical (unpaired) electrons. The highest BCUT2D eigenvalue weighted by Crippen LogP contribution is 2.25. The Hall–Kier alpha value is -3.57. The van der Waals surface area contributed by atoms with Crippen LogP contribution >= 0.6 is 0 Å². The summed E-state index contributed by atoms with van der Waals surface area (Å²) >= 11 is 0. The highest BCUT2D eigenvalue weighted by molar-refractivity contribution is 7.89. The van der Waals surface area contributed by atoms with Gasteiger partial charge in [-0.25, -0.2) is 13.5 Å². The molecule has 1 fully saturated rings. The Morgan fingerprint density at radius 3 is 2.36 bits per heavy atom. The lowest BCUT2D eigenvalue weighted by Crippen LogP contribution is -2.42. The number of carbonyl (C=O) groups excluding carboxylic acids is 2. The van der Waals surface area contributed by atoms with Crippen molar-refractivity contribution >= 4 is 32.6 Å². The summed E-state index contributed by atoms with van der Waals surface area (Å²) in [6.07, 6.45) is 2.64. The van der Waals surface area contributed by atoms with Gasteiger partial charge in [0, 0.05) is 23.5 Å². The Kier molecular flexibility index (Phi) is 6.25. The van der Waals surface area contributed by atoms with Gasteiger partial charge in [0.05, 0.1) is 10.3 Å². The molecule has 1 aromatic heterocycles. The van der Waals surface area contributed by atoms with E-state index in [0.717, 1.165) is 19.3 Å². The molecule has 2 heterocycles. The van der Waals surface area contributed by atoms with Gasteiger partial charge in [-0.05, 0) is 50.1 Å². The van der Waals surface area contributed by atoms with E-state index in [-0.39, 0.29) is 22.2 Å². The van der Waals surface area contributed by atoms with Crippen LogP contribution < -0.4 is 16.4 Å². The number of sulfonamides is 1. The van der Waals surface area contributed by atoms with E-state index in [0.29, 0.717) is 17.3 Å². The number of carbonyl (C=O) groups is 2. The number of amides is 2. The number of rotatable bonds is 4. The molecule has 0 aliphatic carbocycles. The van der Waals surface area contributed by atoms with Gasteiger partial charge in [0.1, 0.15) is 0 Å². The van der Waals surface area contributed by atoms with E-state index in [1.165, 1.54) is 28.6 Å². The molecule has 10 nitrogen and oxygen atoms in total. The van der Waals surface area contributed by atoms with Crippen LogP contribution in [0, 0.1) is 0 Å². The number of nitrogens with zero attached hydrogens (tertiary/aromatic N) is 2. The van der Waals surface area contributed by atoms with E-state index in [2.05, 4.69) is 21.0 Å². The number of fused-ring (bicyclic) bond motifs is 1. The van der Waals surface area contributed by atoms with Gasteiger partial charge in [0.15, 0.2) is 5.69 Å². The number of H-pyrrole nitrogens is 1. The van der Waals surface area contributed by atoms with Gasteiger partial charge in [-0.1, -0.05) is 24.6 Å². The van der Waals surface area contributed by atoms with E-state index >= 15 is 0 Å². The minimum absolute atomic E-state index is 0.0532. The zero-order chi connectivity index (χ0) is 23.6. The first-order chi connectivity index (χ1) is 15.8. The van der Waals surface area contributed by atoms with Crippen molar-refractivity contribution < 1.29 is 18.0 Å². The number of nitrogens with one attached hydrogen (secondary N) is 3. The topological polar surface area (TPSA) is 141 Å². The van der Waals surface area contributed by atoms with Crippen LogP contribution in [0.5, 0.6) is 0 Å². The van der Waals surface area contributed by atoms with Crippen molar-refractivity contribution in [2.75, 3.05) is 6.54 Å². The molecule has 33 heavy (non-hydrogen) atoms. The van der Waals surface area contributed by atoms with E-state index in [9.17, 15) is 22.8 Å². The summed E-state index contributed by atoms with van der Waals surface area (Å²) in [5, 5.41) is 6.66. The minimum atomic E-state index is -3.65. The number of piperidine rings is 1. The number of benzene rings is 2. The second-order valence-corrected chi connectivity index (χ2v) is 9.73. The third-order valence-electron chi connectivity index (χ3n) is 5.67. The molecule has 172 valence electrons. The molecular formula is C22H23N5O5S. The summed E-state index contributed by atoms with van der Waals surface area (Å²) in [4.78, 5) is 36.9. The van der Waals surface area contributed by atoms with Gasteiger partial charge in [-0.15, -0.1) is 0 Å². The number of hydrogen-bond acceptors (Lipinski definition) is 6. The Balaban J connectivity index is 1.45. The predicted molar refractivity (Wildman–Crippen MR) is 121 cm³/mol. The minimum Gasteiger partial charge on any atom is -0.267 e. The standard InChI is InChI=1S/C22H23N5O5S/c1-14-6-4-5-13-27(14)33(31,32)16-11-9-15(10-12-16)20(28)24-26-22(30)19-17-7-2-3-8-18(17)21(29)25-23-19/h2-3,7-12,14H,4-6,13H2,1H3,(H,24,28)(H,25,29)(H,26,30). The third kappa shape index (κ3) is 4.50. The number of aromatic nitrogens is 2. The maximum atomic E-state index is 12.9. The second kappa shape index (κ2) is 9.12. The maximum Gasteiger partial charge on any atom is 0.290 e. The van der Waals surface area contributed by atoms with Crippen molar-refractivity contribution in [3.63, 3.8) is 0 Å². The number of aromatic amines is 1. The molecule has 1 aliphatic heterocycles. The van der Waals surface area contributed by atoms with Gasteiger partial charge < -0.3 is 0 Å². The van der Waals surface area contributed by atoms with Crippen LogP contribution in [0.2, 0.25) is 0 Å². The summed E-state index contributed by atoms with van der Waals surface area (Å²) in [5.41, 5.74) is 4.22. The highest BCUT2D eigenvalue weighted by atomic mass is 32.2. The van der Waals surface area contributed by atoms with Crippen LogP contribution in [0.4, 0.5) is 0 Å². The van der Waals surface area contributed by atoms with Crippen molar-refractivity contribution in [3.05, 3.63) is 70.1 Å². The van der Waals surface area contributed by atoms with Crippen molar-refractivity contribution in [1.29, 1.82) is 0 Å². The molecule has 11 heteroatoms. The first-order valence-electron chi connectivity index (χ1n) is 10.5. The summed E-state index contributed by atoms with van der Waals surface area (Å²) in [6.45, 7) is 2.37. The molecule has 0 saturated carbocycles. The van der Waals surface area contributed by atoms with Crippen molar-refractivity contribution in [2.24, 2.45) is 0 Å². The first kappa shape index (κ1) is 22.6. The lowest BCUT2D eigenvalue weighted by Gasteiger charge is -2.32. The molecule has 0 spiro atoms. The van der Waals surface area contributed by atoms with E-state index in [4.69, 9.17) is 0 Å². The molecule has 4 rings (SSSR count). The molecule has 1 saturated heterocycles. The zero-order valence-corrected chi connectivity index (χ0v) is 18.7. The van der Waals surface area contributed by atoms with Gasteiger partial charge in [0.25, 0.3) is 17.4 Å². The van der Waals surface area contributed by atoms with Crippen molar-refractivity contribution in [2.45, 2.75) is 37.1 Å². The Labute approximate surface area is 190 Å². The quantitative estimate of drug-likeness (QED) is 0.495. The summed E-state index contributed by atoms with van der Waals surface area (Å²) < 4.78 is 27.3. The van der Waals surface area contributed by atoms with Gasteiger partial charge in [0.2, 0.25) is 10.0 Å². The Bertz CT molecular complexity index is 1370.